The molecule has 3 rings (SSSR count). The Morgan fingerprint density at radius 3 is 2.89 bits per heavy atom. The maximum absolute atomic E-state index is 8.90. The van der Waals surface area contributed by atoms with E-state index in [1.165, 1.54) is 0 Å². The van der Waals surface area contributed by atoms with E-state index in [-0.39, 0.29) is 0 Å². The molecular weight excluding hydrogens is 302 g/mol. The summed E-state index contributed by atoms with van der Waals surface area (Å²) in [5.74, 6) is 0. The summed E-state index contributed by atoms with van der Waals surface area (Å²) in [6, 6.07) is 12.0. The number of rotatable bonds is 2. The summed E-state index contributed by atoms with van der Waals surface area (Å²) in [7, 11) is 0. The molecule has 0 atom stereocenters. The van der Waals surface area contributed by atoms with Crippen molar-refractivity contribution in [3.8, 4) is 6.07 Å². The van der Waals surface area contributed by atoms with Gasteiger partial charge in [-0.15, -0.1) is 0 Å². The van der Waals surface area contributed by atoms with Gasteiger partial charge in [0, 0.05) is 40.5 Å². The Hall–Kier alpha value is -2.12. The predicted molar refractivity (Wildman–Crippen MR) is 77.7 cm³/mol. The van der Waals surface area contributed by atoms with Gasteiger partial charge in [-0.25, -0.2) is 0 Å². The highest BCUT2D eigenvalue weighted by molar-refractivity contribution is 9.10. The van der Waals surface area contributed by atoms with Crippen molar-refractivity contribution in [2.75, 3.05) is 0 Å². The molecule has 0 saturated heterocycles. The standard InChI is InChI=1S/C15H10BrN3/c16-14-6-12(8-18-9-14)10-19-4-3-13-5-11(7-17)1-2-15(13)19/h1-6,8-9H,10H2. The van der Waals surface area contributed by atoms with Crippen molar-refractivity contribution in [2.24, 2.45) is 0 Å². The van der Waals surface area contributed by atoms with Crippen LogP contribution in [0.15, 0.2) is 53.4 Å². The van der Waals surface area contributed by atoms with E-state index in [9.17, 15) is 0 Å². The molecule has 0 radical (unpaired) electrons. The van der Waals surface area contributed by atoms with Crippen LogP contribution >= 0.6 is 15.9 Å². The molecule has 0 bridgehead atoms. The summed E-state index contributed by atoms with van der Waals surface area (Å²) in [6.45, 7) is 0.766. The van der Waals surface area contributed by atoms with Gasteiger partial charge in [0.25, 0.3) is 0 Å². The molecule has 0 aliphatic heterocycles. The van der Waals surface area contributed by atoms with E-state index in [4.69, 9.17) is 5.26 Å². The van der Waals surface area contributed by atoms with Crippen LogP contribution in [-0.4, -0.2) is 9.55 Å². The van der Waals surface area contributed by atoms with Crippen molar-refractivity contribution < 1.29 is 0 Å². The Bertz CT molecular complexity index is 783. The number of hydrogen-bond acceptors (Lipinski definition) is 2. The van der Waals surface area contributed by atoms with Gasteiger partial charge in [-0.05, 0) is 51.8 Å². The highest BCUT2D eigenvalue weighted by atomic mass is 79.9. The van der Waals surface area contributed by atoms with Crippen LogP contribution in [-0.2, 0) is 6.54 Å². The number of halogens is 1. The summed E-state index contributed by atoms with van der Waals surface area (Å²) < 4.78 is 3.13. The summed E-state index contributed by atoms with van der Waals surface area (Å²) in [4.78, 5) is 4.17. The monoisotopic (exact) mass is 311 g/mol. The number of hydrogen-bond donors (Lipinski definition) is 0. The van der Waals surface area contributed by atoms with Gasteiger partial charge in [-0.1, -0.05) is 0 Å². The van der Waals surface area contributed by atoms with Crippen molar-refractivity contribution >= 4 is 26.8 Å². The molecule has 19 heavy (non-hydrogen) atoms. The molecule has 0 spiro atoms. The van der Waals surface area contributed by atoms with Crippen molar-refractivity contribution in [2.45, 2.75) is 6.54 Å². The minimum Gasteiger partial charge on any atom is -0.343 e. The fourth-order valence-electron chi connectivity index (χ4n) is 2.15. The Morgan fingerprint density at radius 2 is 2.11 bits per heavy atom. The highest BCUT2D eigenvalue weighted by Gasteiger charge is 2.03. The molecule has 0 aliphatic carbocycles. The molecule has 0 fully saturated rings. The number of aromatic nitrogens is 2. The van der Waals surface area contributed by atoms with Crippen molar-refractivity contribution in [1.29, 1.82) is 5.26 Å². The SMILES string of the molecule is N#Cc1ccc2c(ccn2Cc2cncc(Br)c2)c1. The van der Waals surface area contributed by atoms with Crippen LogP contribution < -0.4 is 0 Å². The molecule has 0 amide bonds. The van der Waals surface area contributed by atoms with Crippen molar-refractivity contribution in [3.63, 3.8) is 0 Å². The molecule has 1 aromatic carbocycles. The lowest BCUT2D eigenvalue weighted by atomic mass is 10.2. The van der Waals surface area contributed by atoms with E-state index in [1.54, 1.807) is 6.20 Å². The normalized spacial score (nSPS) is 10.5. The number of nitrogens with zero attached hydrogens (tertiary/aromatic N) is 3. The van der Waals surface area contributed by atoms with Gasteiger partial charge in [0.05, 0.1) is 11.6 Å². The largest absolute Gasteiger partial charge is 0.343 e. The third-order valence-corrected chi connectivity index (χ3v) is 3.45. The molecule has 0 aliphatic rings. The fourth-order valence-corrected chi connectivity index (χ4v) is 2.56. The summed E-state index contributed by atoms with van der Waals surface area (Å²) in [5.41, 5.74) is 2.95. The van der Waals surface area contributed by atoms with Gasteiger partial charge >= 0.3 is 0 Å². The Kier molecular flexibility index (Phi) is 3.06. The lowest BCUT2D eigenvalue weighted by Crippen LogP contribution is -1.98. The Morgan fingerprint density at radius 1 is 1.21 bits per heavy atom. The van der Waals surface area contributed by atoms with E-state index >= 15 is 0 Å². The van der Waals surface area contributed by atoms with Crippen LogP contribution in [0.3, 0.4) is 0 Å². The summed E-state index contributed by atoms with van der Waals surface area (Å²) in [6.07, 6.45) is 5.67. The van der Waals surface area contributed by atoms with E-state index in [1.807, 2.05) is 36.7 Å². The minimum atomic E-state index is 0.689. The van der Waals surface area contributed by atoms with E-state index < -0.39 is 0 Å². The zero-order chi connectivity index (χ0) is 13.2. The molecule has 0 N–H and O–H groups in total. The maximum atomic E-state index is 8.90. The van der Waals surface area contributed by atoms with Crippen LogP contribution in [0.5, 0.6) is 0 Å². The molecular formula is C15H10BrN3. The second-order valence-electron chi connectivity index (χ2n) is 4.34. The topological polar surface area (TPSA) is 41.6 Å². The average Bonchev–Trinajstić information content (AvgIpc) is 2.81. The molecule has 92 valence electrons. The lowest BCUT2D eigenvalue weighted by molar-refractivity contribution is 0.831. The summed E-state index contributed by atoms with van der Waals surface area (Å²) >= 11 is 3.43. The lowest BCUT2D eigenvalue weighted by Gasteiger charge is -2.05. The maximum Gasteiger partial charge on any atom is 0.0991 e. The minimum absolute atomic E-state index is 0.689. The Balaban J connectivity index is 2.00. The second kappa shape index (κ2) is 4.87. The quantitative estimate of drug-likeness (QED) is 0.724. The van der Waals surface area contributed by atoms with Gasteiger partial charge in [-0.2, -0.15) is 5.26 Å². The molecule has 3 nitrogen and oxygen atoms in total. The highest BCUT2D eigenvalue weighted by Crippen LogP contribution is 2.19. The second-order valence-corrected chi connectivity index (χ2v) is 5.26. The van der Waals surface area contributed by atoms with Crippen molar-refractivity contribution in [1.82, 2.24) is 9.55 Å². The molecule has 2 heterocycles. The number of benzene rings is 1. The first-order valence-corrected chi connectivity index (χ1v) is 6.64. The van der Waals surface area contributed by atoms with Crippen LogP contribution in [0.1, 0.15) is 11.1 Å². The number of pyridine rings is 1. The molecule has 4 heteroatoms. The first-order valence-electron chi connectivity index (χ1n) is 5.85. The van der Waals surface area contributed by atoms with Crippen molar-refractivity contribution in [3.05, 3.63) is 64.5 Å². The smallest absolute Gasteiger partial charge is 0.0991 e. The van der Waals surface area contributed by atoms with Gasteiger partial charge in [0.1, 0.15) is 0 Å². The fraction of sp³-hybridized carbons (Fsp3) is 0.0667. The van der Waals surface area contributed by atoms with Crippen LogP contribution in [0.25, 0.3) is 10.9 Å². The van der Waals surface area contributed by atoms with Gasteiger partial charge in [0.2, 0.25) is 0 Å². The zero-order valence-electron chi connectivity index (χ0n) is 10.0. The number of fused-ring (bicyclic) bond motifs is 1. The molecule has 2 aromatic heterocycles. The molecule has 0 saturated carbocycles. The summed E-state index contributed by atoms with van der Waals surface area (Å²) in [5, 5.41) is 9.98. The van der Waals surface area contributed by atoms with Crippen LogP contribution in [0, 0.1) is 11.3 Å². The predicted octanol–water partition coefficient (Wildman–Crippen LogP) is 3.72. The van der Waals surface area contributed by atoms with E-state index in [0.29, 0.717) is 5.56 Å². The van der Waals surface area contributed by atoms with Gasteiger partial charge in [0.15, 0.2) is 0 Å². The third kappa shape index (κ3) is 2.38. The first-order chi connectivity index (χ1) is 9.26. The molecule has 0 unspecified atom stereocenters. The van der Waals surface area contributed by atoms with E-state index in [0.717, 1.165) is 27.5 Å². The van der Waals surface area contributed by atoms with Gasteiger partial charge < -0.3 is 4.57 Å². The average molecular weight is 312 g/mol. The third-order valence-electron chi connectivity index (χ3n) is 3.01. The van der Waals surface area contributed by atoms with Gasteiger partial charge in [-0.3, -0.25) is 4.98 Å². The zero-order valence-corrected chi connectivity index (χ0v) is 11.6. The first kappa shape index (κ1) is 11.9. The van der Waals surface area contributed by atoms with Crippen LogP contribution in [0.4, 0.5) is 0 Å². The van der Waals surface area contributed by atoms with Crippen LogP contribution in [0.2, 0.25) is 0 Å². The molecule has 3 aromatic rings. The number of nitriles is 1. The van der Waals surface area contributed by atoms with E-state index in [2.05, 4.69) is 37.6 Å². The Labute approximate surface area is 119 Å².